The van der Waals surface area contributed by atoms with E-state index in [0.717, 1.165) is 25.3 Å². The molecule has 1 aliphatic heterocycles. The van der Waals surface area contributed by atoms with Crippen molar-refractivity contribution < 1.29 is 4.79 Å². The van der Waals surface area contributed by atoms with Crippen molar-refractivity contribution in [2.75, 3.05) is 33.2 Å². The van der Waals surface area contributed by atoms with Gasteiger partial charge < -0.3 is 20.1 Å². The molecule has 1 aliphatic carbocycles. The number of hydrogen-bond acceptors (Lipinski definition) is 3. The van der Waals surface area contributed by atoms with Gasteiger partial charge in [-0.1, -0.05) is 0 Å². The molecule has 0 spiro atoms. The normalized spacial score (nSPS) is 24.7. The second-order valence-electron chi connectivity index (χ2n) is 5.68. The molecule has 2 heterocycles. The quantitative estimate of drug-likeness (QED) is 0.865. The highest BCUT2D eigenvalue weighted by atomic mass is 16.2. The maximum Gasteiger partial charge on any atom is 0.270 e. The molecule has 1 saturated carbocycles. The number of piperazine rings is 1. The van der Waals surface area contributed by atoms with Crippen molar-refractivity contribution in [3.63, 3.8) is 0 Å². The summed E-state index contributed by atoms with van der Waals surface area (Å²) in [5, 5.41) is 0. The highest BCUT2D eigenvalue weighted by Crippen LogP contribution is 2.36. The average molecular weight is 262 g/mol. The van der Waals surface area contributed by atoms with Crippen molar-refractivity contribution in [1.82, 2.24) is 14.4 Å². The predicted molar refractivity (Wildman–Crippen MR) is 74.1 cm³/mol. The van der Waals surface area contributed by atoms with Crippen LogP contribution in [0.5, 0.6) is 0 Å². The number of amides is 1. The second-order valence-corrected chi connectivity index (χ2v) is 5.68. The molecular formula is C14H22N4O. The number of rotatable bonds is 3. The van der Waals surface area contributed by atoms with Crippen LogP contribution in [-0.4, -0.2) is 59.5 Å². The Balaban J connectivity index is 1.80. The summed E-state index contributed by atoms with van der Waals surface area (Å²) in [7, 11) is 2.08. The third-order valence-electron chi connectivity index (χ3n) is 4.16. The Labute approximate surface area is 114 Å². The van der Waals surface area contributed by atoms with Crippen LogP contribution in [0.2, 0.25) is 0 Å². The molecule has 1 aromatic heterocycles. The highest BCUT2D eigenvalue weighted by Gasteiger charge is 2.32. The van der Waals surface area contributed by atoms with Gasteiger partial charge in [0.2, 0.25) is 0 Å². The Bertz CT molecular complexity index is 466. The molecule has 1 atom stereocenters. The van der Waals surface area contributed by atoms with E-state index in [2.05, 4.69) is 16.5 Å². The number of carbonyl (C=O) groups is 1. The fourth-order valence-corrected chi connectivity index (χ4v) is 2.87. The first-order valence-electron chi connectivity index (χ1n) is 7.07. The van der Waals surface area contributed by atoms with Gasteiger partial charge in [0.05, 0.1) is 6.04 Å². The Morgan fingerprint density at radius 1 is 1.42 bits per heavy atom. The zero-order valence-corrected chi connectivity index (χ0v) is 11.5. The lowest BCUT2D eigenvalue weighted by Crippen LogP contribution is -2.57. The largest absolute Gasteiger partial charge is 0.340 e. The monoisotopic (exact) mass is 262 g/mol. The minimum atomic E-state index is 0.133. The standard InChI is InChI=1S/C14H22N4O/c1-16-7-8-18(12(9-15)10-16)14(19)13-3-2-6-17(13)11-4-5-11/h2-3,6,11-12H,4-5,7-10,15H2,1H3. The molecule has 2 fully saturated rings. The molecule has 1 saturated heterocycles. The van der Waals surface area contributed by atoms with Gasteiger partial charge in [0, 0.05) is 38.4 Å². The minimum Gasteiger partial charge on any atom is -0.340 e. The van der Waals surface area contributed by atoms with Crippen LogP contribution >= 0.6 is 0 Å². The van der Waals surface area contributed by atoms with Gasteiger partial charge in [-0.2, -0.15) is 0 Å². The van der Waals surface area contributed by atoms with E-state index in [1.54, 1.807) is 0 Å². The summed E-state index contributed by atoms with van der Waals surface area (Å²) in [5.74, 6) is 0.139. The van der Waals surface area contributed by atoms with E-state index in [1.807, 2.05) is 23.2 Å². The Kier molecular flexibility index (Phi) is 3.33. The summed E-state index contributed by atoms with van der Waals surface area (Å²) in [4.78, 5) is 16.9. The number of nitrogens with zero attached hydrogens (tertiary/aromatic N) is 3. The van der Waals surface area contributed by atoms with Crippen molar-refractivity contribution in [2.24, 2.45) is 5.73 Å². The zero-order valence-electron chi connectivity index (χ0n) is 11.5. The van der Waals surface area contributed by atoms with Crippen LogP contribution in [0.15, 0.2) is 18.3 Å². The molecule has 104 valence electrons. The van der Waals surface area contributed by atoms with Crippen molar-refractivity contribution in [1.29, 1.82) is 0 Å². The molecule has 19 heavy (non-hydrogen) atoms. The molecule has 1 amide bonds. The van der Waals surface area contributed by atoms with Gasteiger partial charge in [0.25, 0.3) is 5.91 Å². The molecule has 1 aromatic rings. The van der Waals surface area contributed by atoms with Crippen LogP contribution in [0, 0.1) is 0 Å². The van der Waals surface area contributed by atoms with Crippen molar-refractivity contribution in [3.8, 4) is 0 Å². The number of carbonyl (C=O) groups excluding carboxylic acids is 1. The molecule has 1 unspecified atom stereocenters. The lowest BCUT2D eigenvalue weighted by Gasteiger charge is -2.39. The van der Waals surface area contributed by atoms with Gasteiger partial charge in [0.15, 0.2) is 0 Å². The summed E-state index contributed by atoms with van der Waals surface area (Å²) < 4.78 is 2.13. The molecule has 2 aliphatic rings. The van der Waals surface area contributed by atoms with Crippen LogP contribution in [0.3, 0.4) is 0 Å². The van der Waals surface area contributed by atoms with E-state index in [0.29, 0.717) is 12.6 Å². The van der Waals surface area contributed by atoms with E-state index in [1.165, 1.54) is 12.8 Å². The molecule has 2 N–H and O–H groups in total. The van der Waals surface area contributed by atoms with Crippen LogP contribution in [0.4, 0.5) is 0 Å². The zero-order chi connectivity index (χ0) is 13.4. The lowest BCUT2D eigenvalue weighted by atomic mass is 10.1. The summed E-state index contributed by atoms with van der Waals surface area (Å²) >= 11 is 0. The Hall–Kier alpha value is -1.33. The molecular weight excluding hydrogens is 240 g/mol. The van der Waals surface area contributed by atoms with Gasteiger partial charge in [-0.15, -0.1) is 0 Å². The van der Waals surface area contributed by atoms with Gasteiger partial charge in [0.1, 0.15) is 5.69 Å². The van der Waals surface area contributed by atoms with Crippen LogP contribution in [-0.2, 0) is 0 Å². The first-order chi connectivity index (χ1) is 9.20. The number of nitrogens with two attached hydrogens (primary N) is 1. The minimum absolute atomic E-state index is 0.133. The summed E-state index contributed by atoms with van der Waals surface area (Å²) in [6.07, 6.45) is 4.41. The molecule has 0 bridgehead atoms. The van der Waals surface area contributed by atoms with Crippen LogP contribution < -0.4 is 5.73 Å². The second kappa shape index (κ2) is 4.98. The third-order valence-corrected chi connectivity index (χ3v) is 4.16. The van der Waals surface area contributed by atoms with Crippen LogP contribution in [0.1, 0.15) is 29.4 Å². The number of aromatic nitrogens is 1. The maximum absolute atomic E-state index is 12.7. The first kappa shape index (κ1) is 12.7. The summed E-state index contributed by atoms with van der Waals surface area (Å²) in [6.45, 7) is 3.09. The van der Waals surface area contributed by atoms with E-state index in [4.69, 9.17) is 5.73 Å². The SMILES string of the molecule is CN1CCN(C(=O)c2cccn2C2CC2)C(CN)C1. The maximum atomic E-state index is 12.7. The van der Waals surface area contributed by atoms with Crippen LogP contribution in [0.25, 0.3) is 0 Å². The van der Waals surface area contributed by atoms with Gasteiger partial charge in [-0.25, -0.2) is 0 Å². The fourth-order valence-electron chi connectivity index (χ4n) is 2.87. The smallest absolute Gasteiger partial charge is 0.270 e. The van der Waals surface area contributed by atoms with Crippen molar-refractivity contribution >= 4 is 5.91 Å². The highest BCUT2D eigenvalue weighted by molar-refractivity contribution is 5.93. The average Bonchev–Trinajstić information content (AvgIpc) is 3.15. The topological polar surface area (TPSA) is 54.5 Å². The number of likely N-dealkylation sites (N-methyl/N-ethyl adjacent to an activating group) is 1. The van der Waals surface area contributed by atoms with Crippen molar-refractivity contribution in [2.45, 2.75) is 24.9 Å². The van der Waals surface area contributed by atoms with Gasteiger partial charge in [-0.3, -0.25) is 4.79 Å². The fraction of sp³-hybridized carbons (Fsp3) is 0.643. The first-order valence-corrected chi connectivity index (χ1v) is 7.07. The molecule has 0 radical (unpaired) electrons. The third kappa shape index (κ3) is 2.40. The Morgan fingerprint density at radius 2 is 2.21 bits per heavy atom. The van der Waals surface area contributed by atoms with Gasteiger partial charge >= 0.3 is 0 Å². The van der Waals surface area contributed by atoms with E-state index >= 15 is 0 Å². The lowest BCUT2D eigenvalue weighted by molar-refractivity contribution is 0.0505. The number of hydrogen-bond donors (Lipinski definition) is 1. The summed E-state index contributed by atoms with van der Waals surface area (Å²) in [6, 6.07) is 4.58. The molecule has 5 heteroatoms. The van der Waals surface area contributed by atoms with E-state index < -0.39 is 0 Å². The molecule has 0 aromatic carbocycles. The summed E-state index contributed by atoms with van der Waals surface area (Å²) in [5.41, 5.74) is 6.65. The van der Waals surface area contributed by atoms with Crippen molar-refractivity contribution in [3.05, 3.63) is 24.0 Å². The molecule has 5 nitrogen and oxygen atoms in total. The van der Waals surface area contributed by atoms with Gasteiger partial charge in [-0.05, 0) is 32.0 Å². The predicted octanol–water partition coefficient (Wildman–Crippen LogP) is 0.538. The molecule has 3 rings (SSSR count). The van der Waals surface area contributed by atoms with E-state index in [9.17, 15) is 4.79 Å². The Morgan fingerprint density at radius 3 is 2.89 bits per heavy atom. The van der Waals surface area contributed by atoms with E-state index in [-0.39, 0.29) is 11.9 Å².